The van der Waals surface area contributed by atoms with Crippen LogP contribution in [0.15, 0.2) is 68.6 Å². The quantitative estimate of drug-likeness (QED) is 0.298. The number of nitrogens with one attached hydrogen (secondary N) is 2. The maximum atomic E-state index is 12.7. The molecule has 13 heteroatoms. The van der Waals surface area contributed by atoms with Gasteiger partial charge in [0.1, 0.15) is 10.0 Å². The number of non-ortho nitro benzene ring substituents is 1. The summed E-state index contributed by atoms with van der Waals surface area (Å²) in [5.41, 5.74) is 0.00292. The van der Waals surface area contributed by atoms with Gasteiger partial charge < -0.3 is 10.3 Å². The number of benzene rings is 2. The highest BCUT2D eigenvalue weighted by atomic mass is 32.2. The molecule has 0 aliphatic heterocycles. The summed E-state index contributed by atoms with van der Waals surface area (Å²) >= 11 is 0.761. The van der Waals surface area contributed by atoms with Gasteiger partial charge in [-0.05, 0) is 24.3 Å². The number of sulfone groups is 1. The average Bonchev–Trinajstić information content (AvgIpc) is 3.27. The highest BCUT2D eigenvalue weighted by molar-refractivity contribution is 7.93. The molecule has 168 valence electrons. The second kappa shape index (κ2) is 8.88. The first-order valence-electron chi connectivity index (χ1n) is 9.47. The lowest BCUT2D eigenvalue weighted by Crippen LogP contribution is -2.16. The van der Waals surface area contributed by atoms with Gasteiger partial charge in [-0.15, -0.1) is 0 Å². The molecule has 2 heterocycles. The summed E-state index contributed by atoms with van der Waals surface area (Å²) in [5, 5.41) is 13.8. The number of fused-ring (bicyclic) bond motifs is 1. The van der Waals surface area contributed by atoms with E-state index >= 15 is 0 Å². The molecule has 11 nitrogen and oxygen atoms in total. The van der Waals surface area contributed by atoms with E-state index in [0.29, 0.717) is 16.7 Å². The number of amides is 1. The molecule has 2 aromatic heterocycles. The standard InChI is InChI=1S/C20H15N5O6S2/c26-17(10-9-16-22-15-4-2-1-3-14(15)19(27)23-16)24-20-21-11-18(32-20)33(30,31)13-7-5-12(6-8-13)25(28)29/h1-8,11H,9-10H2,(H,21,24,26)(H,22,23,27). The molecule has 0 bridgehead atoms. The van der Waals surface area contributed by atoms with Crippen molar-refractivity contribution in [2.24, 2.45) is 0 Å². The van der Waals surface area contributed by atoms with E-state index in [2.05, 4.69) is 20.3 Å². The molecule has 0 aliphatic carbocycles. The first-order chi connectivity index (χ1) is 15.7. The minimum atomic E-state index is -3.94. The van der Waals surface area contributed by atoms with Crippen LogP contribution in [0.2, 0.25) is 0 Å². The zero-order chi connectivity index (χ0) is 23.6. The number of nitro benzene ring substituents is 1. The van der Waals surface area contributed by atoms with Crippen molar-refractivity contribution in [1.82, 2.24) is 15.0 Å². The molecule has 33 heavy (non-hydrogen) atoms. The number of aromatic amines is 1. The molecule has 4 rings (SSSR count). The van der Waals surface area contributed by atoms with E-state index in [4.69, 9.17) is 0 Å². The molecule has 0 spiro atoms. The largest absolute Gasteiger partial charge is 0.310 e. The predicted octanol–water partition coefficient (Wildman–Crippen LogP) is 2.69. The molecule has 2 N–H and O–H groups in total. The van der Waals surface area contributed by atoms with Crippen molar-refractivity contribution in [2.45, 2.75) is 21.9 Å². The number of rotatable bonds is 7. The van der Waals surface area contributed by atoms with Crippen LogP contribution in [-0.2, 0) is 21.1 Å². The van der Waals surface area contributed by atoms with Crippen LogP contribution >= 0.6 is 11.3 Å². The lowest BCUT2D eigenvalue weighted by Gasteiger charge is -2.03. The number of aromatic nitrogens is 3. The van der Waals surface area contributed by atoms with Gasteiger partial charge in [0.15, 0.2) is 5.13 Å². The number of thiazole rings is 1. The zero-order valence-corrected chi connectivity index (χ0v) is 18.4. The first kappa shape index (κ1) is 22.2. The minimum Gasteiger partial charge on any atom is -0.310 e. The third-order valence-electron chi connectivity index (χ3n) is 4.60. The Morgan fingerprint density at radius 2 is 1.88 bits per heavy atom. The maximum absolute atomic E-state index is 12.7. The van der Waals surface area contributed by atoms with Crippen molar-refractivity contribution in [3.63, 3.8) is 0 Å². The Kier molecular flexibility index (Phi) is 5.98. The topological polar surface area (TPSA) is 165 Å². The van der Waals surface area contributed by atoms with Gasteiger partial charge in [0.05, 0.1) is 26.9 Å². The van der Waals surface area contributed by atoms with E-state index in [0.717, 1.165) is 41.8 Å². The molecular formula is C20H15N5O6S2. The molecule has 0 saturated carbocycles. The van der Waals surface area contributed by atoms with Gasteiger partial charge in [0, 0.05) is 25.0 Å². The second-order valence-corrected chi connectivity index (χ2v) is 10.0. The van der Waals surface area contributed by atoms with E-state index in [1.807, 2.05) is 0 Å². The fraction of sp³-hybridized carbons (Fsp3) is 0.100. The number of anilines is 1. The fourth-order valence-corrected chi connectivity index (χ4v) is 5.42. The number of hydrogen-bond acceptors (Lipinski definition) is 9. The van der Waals surface area contributed by atoms with Gasteiger partial charge in [-0.1, -0.05) is 23.5 Å². The molecule has 1 amide bonds. The molecular weight excluding hydrogens is 470 g/mol. The number of carbonyl (C=O) groups excluding carboxylic acids is 1. The lowest BCUT2D eigenvalue weighted by atomic mass is 10.2. The molecule has 0 saturated heterocycles. The monoisotopic (exact) mass is 485 g/mol. The van der Waals surface area contributed by atoms with Gasteiger partial charge in [-0.25, -0.2) is 18.4 Å². The molecule has 0 fully saturated rings. The van der Waals surface area contributed by atoms with E-state index in [9.17, 15) is 28.1 Å². The van der Waals surface area contributed by atoms with E-state index in [1.54, 1.807) is 24.3 Å². The molecule has 2 aromatic carbocycles. The van der Waals surface area contributed by atoms with Crippen LogP contribution in [0.4, 0.5) is 10.8 Å². The summed E-state index contributed by atoms with van der Waals surface area (Å²) in [5.74, 6) is -0.0751. The van der Waals surface area contributed by atoms with Gasteiger partial charge in [-0.3, -0.25) is 19.7 Å². The number of hydrogen-bond donors (Lipinski definition) is 2. The van der Waals surface area contributed by atoms with Crippen molar-refractivity contribution < 1.29 is 18.1 Å². The van der Waals surface area contributed by atoms with E-state index in [1.165, 1.54) is 0 Å². The van der Waals surface area contributed by atoms with Crippen molar-refractivity contribution in [3.8, 4) is 0 Å². The molecule has 0 radical (unpaired) electrons. The van der Waals surface area contributed by atoms with Crippen molar-refractivity contribution >= 4 is 48.8 Å². The van der Waals surface area contributed by atoms with Crippen LogP contribution < -0.4 is 10.9 Å². The Balaban J connectivity index is 1.42. The van der Waals surface area contributed by atoms with Crippen molar-refractivity contribution in [1.29, 1.82) is 0 Å². The van der Waals surface area contributed by atoms with Crippen molar-refractivity contribution in [2.75, 3.05) is 5.32 Å². The first-order valence-corrected chi connectivity index (χ1v) is 11.8. The van der Waals surface area contributed by atoms with Gasteiger partial charge in [0.25, 0.3) is 11.2 Å². The number of nitro groups is 1. The highest BCUT2D eigenvalue weighted by Crippen LogP contribution is 2.29. The molecule has 0 aliphatic rings. The SMILES string of the molecule is O=C(CCc1nc2ccccc2c(=O)[nH]1)Nc1ncc(S(=O)(=O)c2ccc([N+](=O)[O-])cc2)s1. The Bertz CT molecular complexity index is 1530. The summed E-state index contributed by atoms with van der Waals surface area (Å²) in [4.78, 5) is 45.3. The summed E-state index contributed by atoms with van der Waals surface area (Å²) in [6.45, 7) is 0. The predicted molar refractivity (Wildman–Crippen MR) is 120 cm³/mol. The third kappa shape index (κ3) is 4.78. The average molecular weight is 486 g/mol. The Hall–Kier alpha value is -3.97. The van der Waals surface area contributed by atoms with E-state index < -0.39 is 20.7 Å². The van der Waals surface area contributed by atoms with Gasteiger partial charge in [0.2, 0.25) is 15.7 Å². The van der Waals surface area contributed by atoms with E-state index in [-0.39, 0.29) is 38.3 Å². The number of para-hydroxylation sites is 1. The van der Waals surface area contributed by atoms with Gasteiger partial charge in [-0.2, -0.15) is 0 Å². The lowest BCUT2D eigenvalue weighted by molar-refractivity contribution is -0.384. The molecule has 4 aromatic rings. The summed E-state index contributed by atoms with van der Waals surface area (Å²) < 4.78 is 25.3. The van der Waals surface area contributed by atoms with Crippen LogP contribution in [0.3, 0.4) is 0 Å². The summed E-state index contributed by atoms with van der Waals surface area (Å²) in [6.07, 6.45) is 1.27. The summed E-state index contributed by atoms with van der Waals surface area (Å²) in [7, 11) is -3.94. The smallest absolute Gasteiger partial charge is 0.269 e. The Labute approximate surface area is 190 Å². The Morgan fingerprint density at radius 3 is 2.61 bits per heavy atom. The number of aryl methyl sites for hydroxylation is 1. The van der Waals surface area contributed by atoms with Crippen LogP contribution in [-0.4, -0.2) is 34.2 Å². The van der Waals surface area contributed by atoms with Gasteiger partial charge >= 0.3 is 0 Å². The highest BCUT2D eigenvalue weighted by Gasteiger charge is 2.22. The zero-order valence-electron chi connectivity index (χ0n) is 16.7. The van der Waals surface area contributed by atoms with Crippen LogP contribution in [0, 0.1) is 10.1 Å². The van der Waals surface area contributed by atoms with Crippen molar-refractivity contribution in [3.05, 3.63) is 81.0 Å². The van der Waals surface area contributed by atoms with Crippen LogP contribution in [0.1, 0.15) is 12.2 Å². The Morgan fingerprint density at radius 1 is 1.15 bits per heavy atom. The molecule has 0 unspecified atom stereocenters. The van der Waals surface area contributed by atoms with Crippen LogP contribution in [0.25, 0.3) is 10.9 Å². The number of nitrogens with zero attached hydrogens (tertiary/aromatic N) is 3. The summed E-state index contributed by atoms with van der Waals surface area (Å²) in [6, 6.07) is 11.3. The normalized spacial score (nSPS) is 11.4. The number of carbonyl (C=O) groups is 1. The fourth-order valence-electron chi connectivity index (χ4n) is 2.97. The second-order valence-electron chi connectivity index (χ2n) is 6.82. The molecule has 0 atom stereocenters. The maximum Gasteiger partial charge on any atom is 0.269 e. The number of H-pyrrole nitrogens is 1. The van der Waals surface area contributed by atoms with Crippen LogP contribution in [0.5, 0.6) is 0 Å². The minimum absolute atomic E-state index is 0.00863. The third-order valence-corrected chi connectivity index (χ3v) is 7.75.